The van der Waals surface area contributed by atoms with Gasteiger partial charge in [-0.05, 0) is 36.8 Å². The first-order chi connectivity index (χ1) is 17.2. The molecule has 3 rings (SSSR count). The molecule has 0 amide bonds. The number of phenolic OH excluding ortho intramolecular Hbond substituents is 1. The molecular weight excluding hydrogens is 461 g/mol. The van der Waals surface area contributed by atoms with Crippen molar-refractivity contribution in [1.82, 2.24) is 4.98 Å². The maximum Gasteiger partial charge on any atom is 0.416 e. The van der Waals surface area contributed by atoms with Gasteiger partial charge in [-0.1, -0.05) is 91.6 Å². The minimum Gasteiger partial charge on any atom is -0.507 e. The number of hydrogen-bond donors (Lipinski definition) is 1. The third kappa shape index (κ3) is 10.5. The minimum absolute atomic E-state index is 0.272. The lowest BCUT2D eigenvalue weighted by molar-refractivity contribution is -0.137. The lowest BCUT2D eigenvalue weighted by Crippen LogP contribution is -2.09. The van der Waals surface area contributed by atoms with Crippen LogP contribution >= 0.6 is 0 Å². The van der Waals surface area contributed by atoms with Gasteiger partial charge >= 0.3 is 6.18 Å². The van der Waals surface area contributed by atoms with Gasteiger partial charge in [-0.2, -0.15) is 13.2 Å². The number of alkyl halides is 3. The van der Waals surface area contributed by atoms with Crippen molar-refractivity contribution < 1.29 is 18.3 Å². The number of hydrogen-bond acceptors (Lipinski definition) is 3. The fraction of sp³-hybridized carbons (Fsp3) is 0.533. The Balaban J connectivity index is 0.000000416. The second-order valence-corrected chi connectivity index (χ2v) is 9.00. The van der Waals surface area contributed by atoms with Crippen molar-refractivity contribution in [3.05, 3.63) is 65.0 Å². The van der Waals surface area contributed by atoms with Crippen molar-refractivity contribution >= 4 is 11.3 Å². The molecule has 6 heteroatoms. The third-order valence-corrected chi connectivity index (χ3v) is 5.94. The van der Waals surface area contributed by atoms with E-state index in [-0.39, 0.29) is 5.56 Å². The van der Waals surface area contributed by atoms with Crippen LogP contribution in [0.2, 0.25) is 0 Å². The summed E-state index contributed by atoms with van der Waals surface area (Å²) < 4.78 is 38.2. The highest BCUT2D eigenvalue weighted by Gasteiger charge is 2.31. The van der Waals surface area contributed by atoms with Gasteiger partial charge in [-0.3, -0.25) is 9.98 Å². The number of phenols is 1. The molecule has 1 N–H and O–H groups in total. The first-order valence-corrected chi connectivity index (χ1v) is 13.3. The summed E-state index contributed by atoms with van der Waals surface area (Å²) in [5.41, 5.74) is 2.41. The fourth-order valence-electron chi connectivity index (χ4n) is 3.55. The Kier molecular flexibility index (Phi) is 14.8. The van der Waals surface area contributed by atoms with Crippen LogP contribution in [0.25, 0.3) is 5.57 Å². The highest BCUT2D eigenvalue weighted by Crippen LogP contribution is 2.34. The van der Waals surface area contributed by atoms with Gasteiger partial charge in [0.2, 0.25) is 0 Å². The second kappa shape index (κ2) is 16.9. The zero-order valence-electron chi connectivity index (χ0n) is 22.6. The minimum atomic E-state index is -4.50. The summed E-state index contributed by atoms with van der Waals surface area (Å²) in [5.74, 6) is -0.444. The molecule has 0 radical (unpaired) electrons. The molecule has 0 aliphatic carbocycles. The molecule has 0 fully saturated rings. The van der Waals surface area contributed by atoms with Crippen LogP contribution in [0.1, 0.15) is 115 Å². The number of unbranched alkanes of at least 4 members (excludes halogenated alkanes) is 7. The van der Waals surface area contributed by atoms with Crippen LogP contribution < -0.4 is 0 Å². The largest absolute Gasteiger partial charge is 0.507 e. The van der Waals surface area contributed by atoms with Crippen molar-refractivity contribution in [1.29, 1.82) is 0 Å². The van der Waals surface area contributed by atoms with E-state index in [1.165, 1.54) is 63.9 Å². The number of aromatic nitrogens is 1. The normalized spacial score (nSPS) is 12.7. The van der Waals surface area contributed by atoms with E-state index in [1.54, 1.807) is 18.5 Å². The standard InChI is InChI=1S/C17H13F3N2O.C9H20.C4H10/c1-10-4-7-22-16(12-5-6-21-9-14(10)12)13-3-2-11(8-15(13)23)17(18,19)20;1-3-5-7-9-8-6-4-2;1-3-4-2/h2-6,8-9,23H,7H2,1H3;3-9H2,1-2H3;3-4H2,1-2H3. The van der Waals surface area contributed by atoms with Crippen LogP contribution in [0.3, 0.4) is 0 Å². The Hall–Kier alpha value is -2.63. The molecule has 0 unspecified atom stereocenters. The number of fused-ring (bicyclic) bond motifs is 1. The van der Waals surface area contributed by atoms with Gasteiger partial charge in [-0.15, -0.1) is 0 Å². The second-order valence-electron chi connectivity index (χ2n) is 9.00. The molecular formula is C30H43F3N2O. The number of halogens is 3. The molecule has 2 heterocycles. The Morgan fingerprint density at radius 2 is 1.42 bits per heavy atom. The first kappa shape index (κ1) is 31.4. The maximum atomic E-state index is 12.7. The summed E-state index contributed by atoms with van der Waals surface area (Å²) in [6.45, 7) is 11.2. The van der Waals surface area contributed by atoms with Gasteiger partial charge in [0.25, 0.3) is 0 Å². The summed E-state index contributed by atoms with van der Waals surface area (Å²) >= 11 is 0. The van der Waals surface area contributed by atoms with E-state index < -0.39 is 17.5 Å². The van der Waals surface area contributed by atoms with Crippen LogP contribution in [-0.4, -0.2) is 22.3 Å². The molecule has 3 nitrogen and oxygen atoms in total. The maximum absolute atomic E-state index is 12.7. The number of aromatic hydroxyl groups is 1. The third-order valence-electron chi connectivity index (χ3n) is 5.94. The highest BCUT2D eigenvalue weighted by molar-refractivity contribution is 6.17. The molecule has 1 aliphatic heterocycles. The van der Waals surface area contributed by atoms with E-state index >= 15 is 0 Å². The number of nitrogens with zero attached hydrogens (tertiary/aromatic N) is 2. The number of allylic oxidation sites excluding steroid dienone is 1. The van der Waals surface area contributed by atoms with Crippen LogP contribution in [-0.2, 0) is 6.18 Å². The quantitative estimate of drug-likeness (QED) is 0.364. The van der Waals surface area contributed by atoms with E-state index in [4.69, 9.17) is 0 Å². The molecule has 36 heavy (non-hydrogen) atoms. The zero-order valence-corrected chi connectivity index (χ0v) is 22.6. The van der Waals surface area contributed by atoms with Gasteiger partial charge < -0.3 is 5.11 Å². The summed E-state index contributed by atoms with van der Waals surface area (Å²) in [6.07, 6.45) is 13.3. The van der Waals surface area contributed by atoms with E-state index in [1.807, 2.05) is 13.0 Å². The van der Waals surface area contributed by atoms with E-state index in [9.17, 15) is 18.3 Å². The van der Waals surface area contributed by atoms with Gasteiger partial charge in [0.05, 0.1) is 17.8 Å². The molecule has 200 valence electrons. The SMILES string of the molecule is CC1=CCN=C(c2ccc(C(F)(F)F)cc2O)c2ccncc21.CCCC.CCCCCCCCC. The molecule has 1 aliphatic rings. The predicted molar refractivity (Wildman–Crippen MR) is 146 cm³/mol. The molecule has 0 saturated heterocycles. The van der Waals surface area contributed by atoms with Crippen LogP contribution in [0, 0.1) is 0 Å². The summed E-state index contributed by atoms with van der Waals surface area (Å²) in [7, 11) is 0. The Bertz CT molecular complexity index is 957. The highest BCUT2D eigenvalue weighted by atomic mass is 19.4. The van der Waals surface area contributed by atoms with Crippen molar-refractivity contribution in [2.24, 2.45) is 4.99 Å². The van der Waals surface area contributed by atoms with Crippen molar-refractivity contribution in [3.63, 3.8) is 0 Å². The number of rotatable bonds is 8. The average molecular weight is 505 g/mol. The summed E-state index contributed by atoms with van der Waals surface area (Å²) in [6, 6.07) is 4.67. The molecule has 0 bridgehead atoms. The average Bonchev–Trinajstić information content (AvgIpc) is 3.03. The van der Waals surface area contributed by atoms with E-state index in [0.717, 1.165) is 28.8 Å². The van der Waals surface area contributed by atoms with Gasteiger partial charge in [0, 0.05) is 29.1 Å². The number of benzene rings is 1. The van der Waals surface area contributed by atoms with Crippen LogP contribution in [0.5, 0.6) is 5.75 Å². The van der Waals surface area contributed by atoms with Crippen LogP contribution in [0.15, 0.2) is 47.7 Å². The van der Waals surface area contributed by atoms with Crippen molar-refractivity contribution in [3.8, 4) is 5.75 Å². The molecule has 2 aromatic rings. The zero-order chi connectivity index (χ0) is 27.0. The fourth-order valence-corrected chi connectivity index (χ4v) is 3.55. The Morgan fingerprint density at radius 3 is 1.94 bits per heavy atom. The molecule has 1 aromatic carbocycles. The van der Waals surface area contributed by atoms with Crippen molar-refractivity contribution in [2.75, 3.05) is 6.54 Å². The predicted octanol–water partition coefficient (Wildman–Crippen LogP) is 9.62. The Labute approximate surface area is 215 Å². The molecule has 1 aromatic heterocycles. The van der Waals surface area contributed by atoms with E-state index in [2.05, 4.69) is 37.7 Å². The lowest BCUT2D eigenvalue weighted by atomic mass is 9.95. The van der Waals surface area contributed by atoms with Crippen LogP contribution in [0.4, 0.5) is 13.2 Å². The lowest BCUT2D eigenvalue weighted by Gasteiger charge is -2.13. The topological polar surface area (TPSA) is 45.5 Å². The van der Waals surface area contributed by atoms with Crippen molar-refractivity contribution in [2.45, 2.75) is 98.6 Å². The summed E-state index contributed by atoms with van der Waals surface area (Å²) in [4.78, 5) is 8.49. The molecule has 0 atom stereocenters. The summed E-state index contributed by atoms with van der Waals surface area (Å²) in [5, 5.41) is 10.1. The smallest absolute Gasteiger partial charge is 0.416 e. The molecule has 0 spiro atoms. The monoisotopic (exact) mass is 504 g/mol. The van der Waals surface area contributed by atoms with Gasteiger partial charge in [0.1, 0.15) is 5.75 Å². The van der Waals surface area contributed by atoms with E-state index in [0.29, 0.717) is 12.3 Å². The number of pyridine rings is 1. The van der Waals surface area contributed by atoms with Gasteiger partial charge in [0.15, 0.2) is 0 Å². The number of aliphatic imine (C=N–C) groups is 1. The van der Waals surface area contributed by atoms with Gasteiger partial charge in [-0.25, -0.2) is 0 Å². The molecule has 0 saturated carbocycles. The first-order valence-electron chi connectivity index (χ1n) is 13.3. The Morgan fingerprint density at radius 1 is 0.806 bits per heavy atom.